The smallest absolute Gasteiger partial charge is 0.225 e. The summed E-state index contributed by atoms with van der Waals surface area (Å²) in [4.78, 5) is 10.1. The van der Waals surface area contributed by atoms with Crippen LogP contribution in [0, 0.1) is 5.82 Å². The van der Waals surface area contributed by atoms with Crippen molar-refractivity contribution in [2.45, 2.75) is 18.8 Å². The molecule has 0 atom stereocenters. The Hall–Kier alpha value is -2.18. The van der Waals surface area contributed by atoms with Gasteiger partial charge in [-0.05, 0) is 12.8 Å². The van der Waals surface area contributed by atoms with Crippen LogP contribution in [0.3, 0.4) is 0 Å². The van der Waals surface area contributed by atoms with Crippen LogP contribution in [-0.4, -0.2) is 33.3 Å². The summed E-state index contributed by atoms with van der Waals surface area (Å²) in [5, 5.41) is 6.91. The van der Waals surface area contributed by atoms with Crippen molar-refractivity contribution in [3.63, 3.8) is 0 Å². The first kappa shape index (κ1) is 11.9. The molecule has 3 rings (SSSR count). The zero-order chi connectivity index (χ0) is 13.2. The second-order valence-corrected chi connectivity index (χ2v) is 4.71. The van der Waals surface area contributed by atoms with Gasteiger partial charge in [0, 0.05) is 30.8 Å². The molecule has 0 amide bonds. The van der Waals surface area contributed by atoms with Crippen molar-refractivity contribution in [2.75, 3.05) is 23.7 Å². The van der Waals surface area contributed by atoms with Crippen LogP contribution < -0.4 is 10.6 Å². The molecule has 3 N–H and O–H groups in total. The van der Waals surface area contributed by atoms with Gasteiger partial charge >= 0.3 is 0 Å². The molecule has 1 aliphatic heterocycles. The van der Waals surface area contributed by atoms with E-state index >= 15 is 0 Å². The number of nitrogens with zero attached hydrogens (tertiary/aromatic N) is 4. The molecule has 0 aliphatic carbocycles. The number of H-pyrrole nitrogens is 1. The first-order valence-electron chi connectivity index (χ1n) is 6.25. The second-order valence-electron chi connectivity index (χ2n) is 4.71. The lowest BCUT2D eigenvalue weighted by Gasteiger charge is -2.31. The summed E-state index contributed by atoms with van der Waals surface area (Å²) in [6.45, 7) is 1.68. The van der Waals surface area contributed by atoms with Crippen LogP contribution in [0.4, 0.5) is 16.2 Å². The molecule has 1 saturated heterocycles. The van der Waals surface area contributed by atoms with E-state index in [1.807, 2.05) is 6.07 Å². The zero-order valence-corrected chi connectivity index (χ0v) is 10.4. The number of aromatic amines is 1. The van der Waals surface area contributed by atoms with Crippen molar-refractivity contribution in [1.29, 1.82) is 0 Å². The second kappa shape index (κ2) is 4.83. The van der Waals surface area contributed by atoms with E-state index in [-0.39, 0.29) is 0 Å². The first-order valence-corrected chi connectivity index (χ1v) is 6.25. The van der Waals surface area contributed by atoms with Gasteiger partial charge in [0.1, 0.15) is 5.82 Å². The zero-order valence-electron chi connectivity index (χ0n) is 10.4. The molecular weight excluding hydrogens is 247 g/mol. The summed E-state index contributed by atoms with van der Waals surface area (Å²) in [7, 11) is 0. The van der Waals surface area contributed by atoms with E-state index in [1.54, 1.807) is 0 Å². The highest BCUT2D eigenvalue weighted by Crippen LogP contribution is 2.28. The molecule has 2 aromatic heterocycles. The van der Waals surface area contributed by atoms with Crippen molar-refractivity contribution in [3.05, 3.63) is 30.0 Å². The standard InChI is InChI=1S/C12H15FN6/c13-9-6-15-12(16-7-9)19-3-1-8(2-4-19)10-5-11(14)18-17-10/h5-8H,1-4H2,(H3,14,17,18). The quantitative estimate of drug-likeness (QED) is 0.852. The van der Waals surface area contributed by atoms with Gasteiger partial charge in [0.15, 0.2) is 5.82 Å². The minimum absolute atomic E-state index is 0.411. The largest absolute Gasteiger partial charge is 0.382 e. The van der Waals surface area contributed by atoms with Crippen LogP contribution in [0.5, 0.6) is 0 Å². The maximum absolute atomic E-state index is 12.8. The Morgan fingerprint density at radius 3 is 2.53 bits per heavy atom. The van der Waals surface area contributed by atoms with Crippen molar-refractivity contribution >= 4 is 11.8 Å². The number of halogens is 1. The summed E-state index contributed by atoms with van der Waals surface area (Å²) >= 11 is 0. The highest BCUT2D eigenvalue weighted by Gasteiger charge is 2.23. The van der Waals surface area contributed by atoms with E-state index in [2.05, 4.69) is 25.1 Å². The maximum Gasteiger partial charge on any atom is 0.225 e. The third-order valence-electron chi connectivity index (χ3n) is 3.44. The minimum atomic E-state index is -0.411. The van der Waals surface area contributed by atoms with E-state index in [4.69, 9.17) is 5.73 Å². The fourth-order valence-corrected chi connectivity index (χ4v) is 2.42. The predicted octanol–water partition coefficient (Wildman–Crippen LogP) is 1.30. The Bertz CT molecular complexity index is 544. The number of rotatable bonds is 2. The molecule has 3 heterocycles. The molecule has 0 saturated carbocycles. The number of anilines is 2. The lowest BCUT2D eigenvalue weighted by Crippen LogP contribution is -2.34. The molecule has 0 bridgehead atoms. The highest BCUT2D eigenvalue weighted by atomic mass is 19.1. The molecular formula is C12H15FN6. The summed E-state index contributed by atoms with van der Waals surface area (Å²) in [6.07, 6.45) is 4.35. The van der Waals surface area contributed by atoms with Gasteiger partial charge in [-0.1, -0.05) is 0 Å². The van der Waals surface area contributed by atoms with Crippen molar-refractivity contribution in [3.8, 4) is 0 Å². The van der Waals surface area contributed by atoms with E-state index in [0.29, 0.717) is 17.7 Å². The molecule has 100 valence electrons. The number of piperidine rings is 1. The summed E-state index contributed by atoms with van der Waals surface area (Å²) in [5.74, 6) is 1.14. The summed E-state index contributed by atoms with van der Waals surface area (Å²) < 4.78 is 12.8. The Morgan fingerprint density at radius 1 is 1.26 bits per heavy atom. The normalized spacial score (nSPS) is 16.8. The fraction of sp³-hybridized carbons (Fsp3) is 0.417. The van der Waals surface area contributed by atoms with Crippen LogP contribution >= 0.6 is 0 Å². The third kappa shape index (κ3) is 2.49. The van der Waals surface area contributed by atoms with Gasteiger partial charge in [-0.25, -0.2) is 14.4 Å². The molecule has 0 spiro atoms. The monoisotopic (exact) mass is 262 g/mol. The van der Waals surface area contributed by atoms with Crippen LogP contribution in [0.15, 0.2) is 18.5 Å². The van der Waals surface area contributed by atoms with Gasteiger partial charge in [0.25, 0.3) is 0 Å². The summed E-state index contributed by atoms with van der Waals surface area (Å²) in [6, 6.07) is 1.88. The van der Waals surface area contributed by atoms with Gasteiger partial charge in [-0.2, -0.15) is 5.10 Å². The number of nitrogens with two attached hydrogens (primary N) is 1. The SMILES string of the molecule is Nc1cc(C2CCN(c3ncc(F)cn3)CC2)[nH]n1. The lowest BCUT2D eigenvalue weighted by molar-refractivity contribution is 0.489. The Labute approximate surface area is 109 Å². The molecule has 1 aliphatic rings. The fourth-order valence-electron chi connectivity index (χ4n) is 2.42. The van der Waals surface area contributed by atoms with Gasteiger partial charge < -0.3 is 10.6 Å². The topological polar surface area (TPSA) is 83.7 Å². The van der Waals surface area contributed by atoms with Crippen molar-refractivity contribution in [2.24, 2.45) is 0 Å². The van der Waals surface area contributed by atoms with E-state index < -0.39 is 5.82 Å². The molecule has 2 aromatic rings. The molecule has 0 unspecified atom stereocenters. The molecule has 0 aromatic carbocycles. The third-order valence-corrected chi connectivity index (χ3v) is 3.44. The average Bonchev–Trinajstić information content (AvgIpc) is 2.87. The molecule has 6 nitrogen and oxygen atoms in total. The molecule has 7 heteroatoms. The lowest BCUT2D eigenvalue weighted by atomic mass is 9.94. The number of nitrogens with one attached hydrogen (secondary N) is 1. The minimum Gasteiger partial charge on any atom is -0.382 e. The van der Waals surface area contributed by atoms with E-state index in [9.17, 15) is 4.39 Å². The van der Waals surface area contributed by atoms with Crippen LogP contribution in [0.1, 0.15) is 24.5 Å². The van der Waals surface area contributed by atoms with Gasteiger partial charge in [-0.15, -0.1) is 0 Å². The Balaban J connectivity index is 1.64. The van der Waals surface area contributed by atoms with Crippen molar-refractivity contribution in [1.82, 2.24) is 20.2 Å². The number of aromatic nitrogens is 4. The van der Waals surface area contributed by atoms with Gasteiger partial charge in [0.2, 0.25) is 5.95 Å². The Kier molecular flexibility index (Phi) is 3.02. The van der Waals surface area contributed by atoms with E-state index in [0.717, 1.165) is 31.6 Å². The maximum atomic E-state index is 12.8. The average molecular weight is 262 g/mol. The Morgan fingerprint density at radius 2 is 1.95 bits per heavy atom. The highest BCUT2D eigenvalue weighted by molar-refractivity contribution is 5.33. The van der Waals surface area contributed by atoms with Crippen molar-refractivity contribution < 1.29 is 4.39 Å². The molecule has 1 fully saturated rings. The van der Waals surface area contributed by atoms with Gasteiger partial charge in [0.05, 0.1) is 12.4 Å². The molecule has 0 radical (unpaired) electrons. The van der Waals surface area contributed by atoms with Crippen LogP contribution in [-0.2, 0) is 0 Å². The molecule has 19 heavy (non-hydrogen) atoms. The predicted molar refractivity (Wildman–Crippen MR) is 69.2 cm³/mol. The number of hydrogen-bond donors (Lipinski definition) is 2. The van der Waals surface area contributed by atoms with Gasteiger partial charge in [-0.3, -0.25) is 5.10 Å². The van der Waals surface area contributed by atoms with Crippen LogP contribution in [0.2, 0.25) is 0 Å². The first-order chi connectivity index (χ1) is 9.22. The summed E-state index contributed by atoms with van der Waals surface area (Å²) in [5.41, 5.74) is 6.69. The van der Waals surface area contributed by atoms with Crippen LogP contribution in [0.25, 0.3) is 0 Å². The van der Waals surface area contributed by atoms with E-state index in [1.165, 1.54) is 12.4 Å². The number of nitrogen functional groups attached to an aromatic ring is 1. The number of hydrogen-bond acceptors (Lipinski definition) is 5.